The van der Waals surface area contributed by atoms with Gasteiger partial charge in [-0.3, -0.25) is 0 Å². The van der Waals surface area contributed by atoms with Gasteiger partial charge in [-0.2, -0.15) is 0 Å². The van der Waals surface area contributed by atoms with Gasteiger partial charge in [-0.05, 0) is 0 Å². The molecule has 12 heavy (non-hydrogen) atoms. The number of hydrogen-bond acceptors (Lipinski definition) is 4. The summed E-state index contributed by atoms with van der Waals surface area (Å²) in [6.45, 7) is 0. The minimum atomic E-state index is -2.27. The van der Waals surface area contributed by atoms with Gasteiger partial charge in [-0.25, -0.2) is 9.59 Å². The minimum Gasteiger partial charge on any atom is -0.479 e. The third-order valence-corrected chi connectivity index (χ3v) is 0.805. The Morgan fingerprint density at radius 1 is 0.833 bits per heavy atom. The van der Waals surface area contributed by atoms with E-state index in [2.05, 4.69) is 0 Å². The number of carboxylic acids is 2. The molecule has 0 rings (SSSR count). The molecular weight excluding hydrogens is 336 g/mol. The van der Waals surface area contributed by atoms with Crippen molar-refractivity contribution in [2.45, 2.75) is 12.2 Å². The SMILES string of the molecule is O=C(O)C(O)C(O)C(=O)O.[Mo].[Mo]. The zero-order valence-electron chi connectivity index (χ0n) is 5.58. The van der Waals surface area contributed by atoms with Crippen molar-refractivity contribution in [3.05, 3.63) is 0 Å². The maximum atomic E-state index is 9.77. The average molecular weight is 342 g/mol. The maximum absolute atomic E-state index is 9.77. The standard InChI is InChI=1S/C4H6O6.2Mo/c5-1(3(7)8)2(6)4(9)10;;/h1-2,5-6H,(H,7,8)(H,9,10);;. The second-order valence-corrected chi connectivity index (χ2v) is 1.57. The van der Waals surface area contributed by atoms with Crippen LogP contribution in [0.4, 0.5) is 0 Å². The van der Waals surface area contributed by atoms with Crippen molar-refractivity contribution in [2.75, 3.05) is 0 Å². The van der Waals surface area contributed by atoms with E-state index in [0.29, 0.717) is 0 Å². The summed E-state index contributed by atoms with van der Waals surface area (Å²) in [6.07, 6.45) is -4.53. The van der Waals surface area contributed by atoms with Gasteiger partial charge in [0.25, 0.3) is 0 Å². The van der Waals surface area contributed by atoms with E-state index in [1.165, 1.54) is 0 Å². The zero-order chi connectivity index (χ0) is 8.31. The molecule has 70 valence electrons. The summed E-state index contributed by atoms with van der Waals surface area (Å²) in [7, 11) is 0. The predicted octanol–water partition coefficient (Wildman–Crippen LogP) is -2.13. The summed E-state index contributed by atoms with van der Waals surface area (Å²) < 4.78 is 0. The molecule has 2 unspecified atom stereocenters. The molecular formula is C4H6Mo2O6. The molecule has 0 bridgehead atoms. The molecule has 0 spiro atoms. The largest absolute Gasteiger partial charge is 0.479 e. The van der Waals surface area contributed by atoms with Crippen molar-refractivity contribution in [3.8, 4) is 0 Å². The van der Waals surface area contributed by atoms with Gasteiger partial charge in [0.1, 0.15) is 0 Å². The monoisotopic (exact) mass is 346 g/mol. The van der Waals surface area contributed by atoms with Gasteiger partial charge in [0.2, 0.25) is 0 Å². The molecule has 0 saturated carbocycles. The van der Waals surface area contributed by atoms with Crippen LogP contribution in [0.5, 0.6) is 0 Å². The molecule has 0 aliphatic carbocycles. The van der Waals surface area contributed by atoms with Crippen LogP contribution in [0, 0.1) is 0 Å². The number of carboxylic acid groups (broad SMARTS) is 2. The van der Waals surface area contributed by atoms with Gasteiger partial charge < -0.3 is 20.4 Å². The zero-order valence-corrected chi connectivity index (χ0v) is 9.59. The van der Waals surface area contributed by atoms with E-state index >= 15 is 0 Å². The van der Waals surface area contributed by atoms with Crippen LogP contribution < -0.4 is 0 Å². The fraction of sp³-hybridized carbons (Fsp3) is 0.500. The Hall–Kier alpha value is 0.237. The first-order valence-corrected chi connectivity index (χ1v) is 2.28. The molecule has 6 nitrogen and oxygen atoms in total. The van der Waals surface area contributed by atoms with Crippen LogP contribution in [-0.4, -0.2) is 44.6 Å². The van der Waals surface area contributed by atoms with Gasteiger partial charge in [-0.1, -0.05) is 0 Å². The molecule has 4 N–H and O–H groups in total. The number of aliphatic hydroxyl groups is 2. The minimum absolute atomic E-state index is 0. The number of rotatable bonds is 3. The predicted molar refractivity (Wildman–Crippen MR) is 27.3 cm³/mol. The van der Waals surface area contributed by atoms with Crippen molar-refractivity contribution < 1.29 is 72.1 Å². The Morgan fingerprint density at radius 2 is 1.00 bits per heavy atom. The molecule has 0 radical (unpaired) electrons. The maximum Gasteiger partial charge on any atom is 0.335 e. The molecule has 0 heterocycles. The van der Waals surface area contributed by atoms with E-state index in [9.17, 15) is 9.59 Å². The van der Waals surface area contributed by atoms with Gasteiger partial charge in [0.05, 0.1) is 0 Å². The van der Waals surface area contributed by atoms with E-state index in [1.54, 1.807) is 0 Å². The molecule has 0 aromatic carbocycles. The number of carbonyl (C=O) groups is 2. The molecule has 0 aromatic rings. The summed E-state index contributed by atoms with van der Waals surface area (Å²) in [5.74, 6) is -3.54. The molecule has 0 aliphatic rings. The first-order valence-electron chi connectivity index (χ1n) is 2.28. The van der Waals surface area contributed by atoms with E-state index in [0.717, 1.165) is 0 Å². The van der Waals surface area contributed by atoms with Crippen LogP contribution in [0.25, 0.3) is 0 Å². The van der Waals surface area contributed by atoms with E-state index in [1.807, 2.05) is 0 Å². The van der Waals surface area contributed by atoms with Crippen molar-refractivity contribution in [3.63, 3.8) is 0 Å². The van der Waals surface area contributed by atoms with Gasteiger partial charge in [0.15, 0.2) is 12.2 Å². The normalized spacial score (nSPS) is 13.2. The van der Waals surface area contributed by atoms with Gasteiger partial charge >= 0.3 is 11.9 Å². The van der Waals surface area contributed by atoms with E-state index in [4.69, 9.17) is 20.4 Å². The first-order chi connectivity index (χ1) is 4.46. The smallest absolute Gasteiger partial charge is 0.335 e. The first kappa shape index (κ1) is 18.1. The summed E-state index contributed by atoms with van der Waals surface area (Å²) in [4.78, 5) is 19.5. The second kappa shape index (κ2) is 7.86. The van der Waals surface area contributed by atoms with Crippen LogP contribution in [0.2, 0.25) is 0 Å². The summed E-state index contributed by atoms with van der Waals surface area (Å²) in [6, 6.07) is 0. The molecule has 0 saturated heterocycles. The van der Waals surface area contributed by atoms with Crippen molar-refractivity contribution in [2.24, 2.45) is 0 Å². The Labute approximate surface area is 96.1 Å². The number of hydrogen-bond donors (Lipinski definition) is 4. The summed E-state index contributed by atoms with van der Waals surface area (Å²) in [5.41, 5.74) is 0. The molecule has 2 atom stereocenters. The Kier molecular flexibility index (Phi) is 11.9. The molecule has 8 heteroatoms. The van der Waals surface area contributed by atoms with Gasteiger partial charge in [0, 0.05) is 42.1 Å². The summed E-state index contributed by atoms with van der Waals surface area (Å²) >= 11 is 0. The van der Waals surface area contributed by atoms with Crippen LogP contribution in [0.15, 0.2) is 0 Å². The Morgan fingerprint density at radius 3 is 1.08 bits per heavy atom. The third kappa shape index (κ3) is 5.83. The molecule has 0 fully saturated rings. The van der Waals surface area contributed by atoms with Crippen LogP contribution in [0.1, 0.15) is 0 Å². The Bertz CT molecular complexity index is 142. The van der Waals surface area contributed by atoms with Crippen LogP contribution in [-0.2, 0) is 51.7 Å². The second-order valence-electron chi connectivity index (χ2n) is 1.57. The quantitative estimate of drug-likeness (QED) is 0.436. The molecule has 0 aromatic heterocycles. The van der Waals surface area contributed by atoms with Crippen LogP contribution in [0.3, 0.4) is 0 Å². The van der Waals surface area contributed by atoms with Crippen molar-refractivity contribution in [1.82, 2.24) is 0 Å². The van der Waals surface area contributed by atoms with Crippen LogP contribution >= 0.6 is 0 Å². The fourth-order valence-corrected chi connectivity index (χ4v) is 0.270. The molecule has 0 aliphatic heterocycles. The average Bonchev–Trinajstić information content (AvgIpc) is 1.84. The van der Waals surface area contributed by atoms with E-state index in [-0.39, 0.29) is 42.1 Å². The molecule has 0 amide bonds. The number of aliphatic carboxylic acids is 2. The van der Waals surface area contributed by atoms with Gasteiger partial charge in [-0.15, -0.1) is 0 Å². The van der Waals surface area contributed by atoms with E-state index < -0.39 is 24.1 Å². The summed E-state index contributed by atoms with van der Waals surface area (Å²) in [5, 5.41) is 32.5. The Balaban J connectivity index is -0.000000405. The topological polar surface area (TPSA) is 115 Å². The van der Waals surface area contributed by atoms with Crippen molar-refractivity contribution in [1.29, 1.82) is 0 Å². The number of aliphatic hydroxyl groups excluding tert-OH is 2. The fourth-order valence-electron chi connectivity index (χ4n) is 0.270. The van der Waals surface area contributed by atoms with Crippen molar-refractivity contribution >= 4 is 11.9 Å². The third-order valence-electron chi connectivity index (χ3n) is 0.805.